The Balaban J connectivity index is 1.76. The largest absolute Gasteiger partial charge is 0.396 e. The molecular weight excluding hydrogens is 341 g/mol. The van der Waals surface area contributed by atoms with Crippen molar-refractivity contribution in [2.45, 2.75) is 70.4 Å². The highest BCUT2D eigenvalue weighted by Gasteiger charge is 2.54. The van der Waals surface area contributed by atoms with Crippen molar-refractivity contribution in [3.05, 3.63) is 22.8 Å². The van der Waals surface area contributed by atoms with Gasteiger partial charge in [-0.25, -0.2) is 0 Å². The Kier molecular flexibility index (Phi) is 4.57. The van der Waals surface area contributed by atoms with Gasteiger partial charge in [-0.2, -0.15) is 13.2 Å². The Morgan fingerprint density at radius 3 is 2.73 bits per heavy atom. The predicted octanol–water partition coefficient (Wildman–Crippen LogP) is 5.12. The van der Waals surface area contributed by atoms with Crippen LogP contribution in [0, 0.1) is 23.2 Å². The van der Waals surface area contributed by atoms with Crippen molar-refractivity contribution < 1.29 is 23.1 Å². The van der Waals surface area contributed by atoms with Crippen molar-refractivity contribution in [2.75, 3.05) is 6.61 Å². The van der Waals surface area contributed by atoms with Crippen LogP contribution in [0.2, 0.25) is 0 Å². The summed E-state index contributed by atoms with van der Waals surface area (Å²) < 4.78 is 40.0. The monoisotopic (exact) mass is 368 g/mol. The van der Waals surface area contributed by atoms with Crippen LogP contribution in [0.25, 0.3) is 0 Å². The summed E-state index contributed by atoms with van der Waals surface area (Å²) in [5.74, 6) is -0.149. The zero-order valence-electron chi connectivity index (χ0n) is 15.1. The molecule has 0 bridgehead atoms. The third-order valence-electron chi connectivity index (χ3n) is 7.53. The topological polar surface area (TPSA) is 37.3 Å². The van der Waals surface area contributed by atoms with Crippen LogP contribution < -0.4 is 0 Å². The van der Waals surface area contributed by atoms with Crippen LogP contribution in [0.3, 0.4) is 0 Å². The van der Waals surface area contributed by atoms with E-state index in [2.05, 4.69) is 0 Å². The van der Waals surface area contributed by atoms with Crippen molar-refractivity contribution in [1.29, 1.82) is 0 Å². The number of fused-ring (bicyclic) bond motifs is 4. The first-order valence-electron chi connectivity index (χ1n) is 9.96. The summed E-state index contributed by atoms with van der Waals surface area (Å²) in [6.07, 6.45) is 3.89. The lowest BCUT2D eigenvalue weighted by molar-refractivity contribution is -0.151. The molecule has 0 spiro atoms. The first kappa shape index (κ1) is 18.3. The van der Waals surface area contributed by atoms with Crippen LogP contribution in [0.5, 0.6) is 0 Å². The first-order valence-corrected chi connectivity index (χ1v) is 9.96. The molecule has 2 saturated carbocycles. The van der Waals surface area contributed by atoms with Crippen LogP contribution >= 0.6 is 0 Å². The summed E-state index contributed by atoms with van der Waals surface area (Å²) in [6, 6.07) is 0. The van der Waals surface area contributed by atoms with Crippen LogP contribution in [-0.2, 0) is 4.79 Å². The number of carbonyl (C=O) groups is 1. The Labute approximate surface area is 152 Å². The van der Waals surface area contributed by atoms with Crippen LogP contribution in [0.4, 0.5) is 13.2 Å². The predicted molar refractivity (Wildman–Crippen MR) is 92.3 cm³/mol. The van der Waals surface area contributed by atoms with Crippen LogP contribution in [-0.4, -0.2) is 23.7 Å². The number of carbonyl (C=O) groups excluding carboxylic acids is 1. The van der Waals surface area contributed by atoms with Gasteiger partial charge in [-0.15, -0.1) is 0 Å². The van der Waals surface area contributed by atoms with E-state index in [4.69, 9.17) is 0 Å². The minimum absolute atomic E-state index is 0.0141. The van der Waals surface area contributed by atoms with Gasteiger partial charge in [0.25, 0.3) is 0 Å². The first-order chi connectivity index (χ1) is 12.3. The Bertz CT molecular complexity index is 661. The summed E-state index contributed by atoms with van der Waals surface area (Å²) in [5.41, 5.74) is 3.34. The third-order valence-corrected chi connectivity index (χ3v) is 7.53. The summed E-state index contributed by atoms with van der Waals surface area (Å²) in [7, 11) is 0. The summed E-state index contributed by atoms with van der Waals surface area (Å²) in [6.45, 7) is 0.124. The Morgan fingerprint density at radius 1 is 1.19 bits per heavy atom. The van der Waals surface area contributed by atoms with Gasteiger partial charge >= 0.3 is 6.18 Å². The molecule has 0 radical (unpaired) electrons. The average Bonchev–Trinajstić information content (AvgIpc) is 2.96. The molecule has 0 aromatic rings. The van der Waals surface area contributed by atoms with E-state index in [1.807, 2.05) is 0 Å². The number of aliphatic hydroxyl groups is 1. The minimum atomic E-state index is -4.18. The molecule has 4 atom stereocenters. The average molecular weight is 368 g/mol. The van der Waals surface area contributed by atoms with Gasteiger partial charge in [0.15, 0.2) is 5.78 Å². The van der Waals surface area contributed by atoms with Crippen LogP contribution in [0.15, 0.2) is 22.8 Å². The number of aliphatic hydroxyl groups excluding tert-OH is 1. The number of alkyl halides is 3. The molecule has 5 heteroatoms. The summed E-state index contributed by atoms with van der Waals surface area (Å²) in [5, 5.41) is 9.59. The van der Waals surface area contributed by atoms with Gasteiger partial charge in [0.05, 0.1) is 0 Å². The SMILES string of the molecule is O=C1C=C2C[C@@H](CC(F)(F)F)[C@@H]3C(=C2CC1)CCC1(CCO)CCC[C@@H]31. The van der Waals surface area contributed by atoms with Crippen molar-refractivity contribution >= 4 is 5.78 Å². The number of halogens is 3. The fourth-order valence-electron chi connectivity index (χ4n) is 6.67. The molecule has 4 rings (SSSR count). The summed E-state index contributed by atoms with van der Waals surface area (Å²) in [4.78, 5) is 11.8. The highest BCUT2D eigenvalue weighted by atomic mass is 19.4. The second-order valence-corrected chi connectivity index (χ2v) is 8.78. The van der Waals surface area contributed by atoms with E-state index in [0.717, 1.165) is 44.1 Å². The molecular formula is C21H27F3O2. The second-order valence-electron chi connectivity index (χ2n) is 8.78. The molecule has 4 aliphatic carbocycles. The number of ketones is 1. The smallest absolute Gasteiger partial charge is 0.389 e. The number of rotatable bonds is 3. The third kappa shape index (κ3) is 3.06. The van der Waals surface area contributed by atoms with E-state index in [1.54, 1.807) is 6.08 Å². The molecule has 0 saturated heterocycles. The van der Waals surface area contributed by atoms with Crippen molar-refractivity contribution in [3.8, 4) is 0 Å². The van der Waals surface area contributed by atoms with Crippen molar-refractivity contribution in [1.82, 2.24) is 0 Å². The number of allylic oxidation sites excluding steroid dienone is 4. The van der Waals surface area contributed by atoms with Gasteiger partial charge in [0.2, 0.25) is 0 Å². The zero-order chi connectivity index (χ0) is 18.5. The van der Waals surface area contributed by atoms with Gasteiger partial charge in [0.1, 0.15) is 0 Å². The van der Waals surface area contributed by atoms with Gasteiger partial charge in [-0.1, -0.05) is 12.0 Å². The quantitative estimate of drug-likeness (QED) is 0.750. The highest BCUT2D eigenvalue weighted by Crippen LogP contribution is 2.63. The van der Waals surface area contributed by atoms with E-state index < -0.39 is 18.5 Å². The maximum atomic E-state index is 13.3. The maximum absolute atomic E-state index is 13.3. The van der Waals surface area contributed by atoms with E-state index in [1.165, 1.54) is 11.1 Å². The Hall–Kier alpha value is -1.10. The molecule has 0 amide bonds. The molecule has 4 aliphatic rings. The molecule has 144 valence electrons. The van der Waals surface area contributed by atoms with E-state index in [-0.39, 0.29) is 29.6 Å². The van der Waals surface area contributed by atoms with Crippen molar-refractivity contribution in [3.63, 3.8) is 0 Å². The summed E-state index contributed by atoms with van der Waals surface area (Å²) >= 11 is 0. The van der Waals surface area contributed by atoms with Gasteiger partial charge in [-0.3, -0.25) is 4.79 Å². The highest BCUT2D eigenvalue weighted by molar-refractivity contribution is 5.93. The fourth-order valence-corrected chi connectivity index (χ4v) is 6.67. The molecule has 0 aliphatic heterocycles. The zero-order valence-corrected chi connectivity index (χ0v) is 15.1. The van der Waals surface area contributed by atoms with Gasteiger partial charge < -0.3 is 5.11 Å². The van der Waals surface area contributed by atoms with E-state index in [9.17, 15) is 23.1 Å². The molecule has 1 unspecified atom stereocenters. The van der Waals surface area contributed by atoms with Gasteiger partial charge in [0, 0.05) is 19.4 Å². The second kappa shape index (κ2) is 6.50. The molecule has 0 aromatic heterocycles. The van der Waals surface area contributed by atoms with E-state index in [0.29, 0.717) is 19.3 Å². The fraction of sp³-hybridized carbons (Fsp3) is 0.762. The molecule has 26 heavy (non-hydrogen) atoms. The number of hydrogen-bond donors (Lipinski definition) is 1. The van der Waals surface area contributed by atoms with E-state index >= 15 is 0 Å². The minimum Gasteiger partial charge on any atom is -0.396 e. The normalized spacial score (nSPS) is 37.2. The molecule has 2 nitrogen and oxygen atoms in total. The molecule has 2 fully saturated rings. The lowest BCUT2D eigenvalue weighted by Crippen LogP contribution is -2.44. The standard InChI is InChI=1S/C21H27F3O2/c22-21(23,24)12-14-10-13-11-15(26)3-4-16(13)17-5-7-20(8-9-25)6-1-2-18(20)19(14)17/h11,14,18-19,25H,1-10,12H2/t14-,18-,19+,20?/m0/s1. The number of hydrogen-bond acceptors (Lipinski definition) is 2. The lowest BCUT2D eigenvalue weighted by Gasteiger charge is -2.52. The molecule has 0 heterocycles. The lowest BCUT2D eigenvalue weighted by atomic mass is 9.53. The van der Waals surface area contributed by atoms with Crippen LogP contribution in [0.1, 0.15) is 64.2 Å². The maximum Gasteiger partial charge on any atom is 0.389 e. The van der Waals surface area contributed by atoms with Gasteiger partial charge in [-0.05, 0) is 85.3 Å². The molecule has 1 N–H and O–H groups in total. The Morgan fingerprint density at radius 2 is 2.00 bits per heavy atom. The molecule has 0 aromatic carbocycles. The van der Waals surface area contributed by atoms with Crippen molar-refractivity contribution in [2.24, 2.45) is 23.2 Å².